The molecule has 3 aromatic rings. The minimum Gasteiger partial charge on any atom is -0.489 e. The summed E-state index contributed by atoms with van der Waals surface area (Å²) in [6.45, 7) is 1.85. The van der Waals surface area contributed by atoms with Crippen molar-refractivity contribution < 1.29 is 23.5 Å². The van der Waals surface area contributed by atoms with Gasteiger partial charge in [-0.1, -0.05) is 41.9 Å². The number of esters is 1. The molecule has 0 radical (unpaired) electrons. The van der Waals surface area contributed by atoms with Crippen LogP contribution < -0.4 is 10.1 Å². The van der Waals surface area contributed by atoms with Gasteiger partial charge in [-0.2, -0.15) is 5.26 Å². The van der Waals surface area contributed by atoms with Crippen LogP contribution in [0.4, 0.5) is 5.88 Å². The van der Waals surface area contributed by atoms with Gasteiger partial charge in [0.2, 0.25) is 5.88 Å². The molecule has 0 atom stereocenters. The largest absolute Gasteiger partial charge is 0.489 e. The fourth-order valence-corrected chi connectivity index (χ4v) is 3.05. The lowest BCUT2D eigenvalue weighted by atomic mass is 10.1. The summed E-state index contributed by atoms with van der Waals surface area (Å²) in [6.07, 6.45) is 2.88. The molecule has 0 fully saturated rings. The average Bonchev–Trinajstić information content (AvgIpc) is 3.11. The van der Waals surface area contributed by atoms with E-state index in [1.165, 1.54) is 20.1 Å². The topological polar surface area (TPSA) is 102 Å². The third-order valence-corrected chi connectivity index (χ3v) is 4.85. The van der Waals surface area contributed by atoms with Crippen molar-refractivity contribution in [1.29, 1.82) is 5.26 Å². The molecule has 0 aliphatic heterocycles. The maximum absolute atomic E-state index is 12.3. The van der Waals surface area contributed by atoms with Gasteiger partial charge >= 0.3 is 5.97 Å². The van der Waals surface area contributed by atoms with Crippen molar-refractivity contribution in [2.24, 2.45) is 0 Å². The molecule has 0 saturated carbocycles. The molecule has 1 heterocycles. The molecule has 0 aliphatic carbocycles. The highest BCUT2D eigenvalue weighted by Crippen LogP contribution is 2.27. The number of nitrogens with one attached hydrogen (secondary N) is 1. The van der Waals surface area contributed by atoms with E-state index in [4.69, 9.17) is 20.8 Å². The number of ether oxygens (including phenoxy) is 2. The summed E-state index contributed by atoms with van der Waals surface area (Å²) >= 11 is 6.12. The van der Waals surface area contributed by atoms with Gasteiger partial charge in [0.1, 0.15) is 35.3 Å². The standard InChI is InChI=1S/C24H19ClN2O5/c1-15-22(24(29)30-2)19(13-26)23(32-15)27-21(28)12-9-16-7-10-18(11-8-16)31-14-17-5-3-4-6-20(17)25/h3-12H,14H2,1-2H3,(H,27,28)/b12-9+. The molecular formula is C24H19ClN2O5. The van der Waals surface area contributed by atoms with Gasteiger partial charge in [0, 0.05) is 16.7 Å². The number of amides is 1. The van der Waals surface area contributed by atoms with Crippen LogP contribution in [-0.4, -0.2) is 19.0 Å². The van der Waals surface area contributed by atoms with Gasteiger partial charge in [-0.05, 0) is 36.8 Å². The number of hydrogen-bond donors (Lipinski definition) is 1. The van der Waals surface area contributed by atoms with E-state index >= 15 is 0 Å². The number of nitrogens with zero attached hydrogens (tertiary/aromatic N) is 1. The summed E-state index contributed by atoms with van der Waals surface area (Å²) in [6, 6.07) is 16.4. The minimum atomic E-state index is -0.712. The number of methoxy groups -OCH3 is 1. The Morgan fingerprint density at radius 3 is 2.56 bits per heavy atom. The first-order valence-electron chi connectivity index (χ1n) is 9.50. The van der Waals surface area contributed by atoms with Crippen LogP contribution in [0.1, 0.15) is 32.8 Å². The molecule has 0 bridgehead atoms. The Morgan fingerprint density at radius 2 is 1.91 bits per heavy atom. The zero-order valence-corrected chi connectivity index (χ0v) is 18.1. The molecule has 0 spiro atoms. The highest BCUT2D eigenvalue weighted by Gasteiger charge is 2.25. The highest BCUT2D eigenvalue weighted by atomic mass is 35.5. The smallest absolute Gasteiger partial charge is 0.342 e. The molecule has 8 heteroatoms. The molecule has 2 aromatic carbocycles. The van der Waals surface area contributed by atoms with Crippen LogP contribution in [0.3, 0.4) is 0 Å². The number of aryl methyl sites for hydroxylation is 1. The van der Waals surface area contributed by atoms with Gasteiger partial charge in [-0.3, -0.25) is 10.1 Å². The summed E-state index contributed by atoms with van der Waals surface area (Å²) in [5, 5.41) is 12.4. The predicted molar refractivity (Wildman–Crippen MR) is 119 cm³/mol. The fraction of sp³-hybridized carbons (Fsp3) is 0.125. The van der Waals surface area contributed by atoms with E-state index < -0.39 is 11.9 Å². The molecule has 1 N–H and O–H groups in total. The lowest BCUT2D eigenvalue weighted by molar-refractivity contribution is -0.111. The zero-order chi connectivity index (χ0) is 23.1. The van der Waals surface area contributed by atoms with Crippen molar-refractivity contribution >= 4 is 35.4 Å². The van der Waals surface area contributed by atoms with Crippen LogP contribution in [-0.2, 0) is 16.1 Å². The van der Waals surface area contributed by atoms with E-state index in [9.17, 15) is 14.9 Å². The number of benzene rings is 2. The van der Waals surface area contributed by atoms with E-state index in [-0.39, 0.29) is 22.8 Å². The lowest BCUT2D eigenvalue weighted by Crippen LogP contribution is -2.09. The van der Waals surface area contributed by atoms with E-state index in [1.54, 1.807) is 36.4 Å². The SMILES string of the molecule is COC(=O)c1c(C)oc(NC(=O)/C=C/c2ccc(OCc3ccccc3Cl)cc2)c1C#N. The molecule has 0 saturated heterocycles. The number of anilines is 1. The third kappa shape index (κ3) is 5.36. The van der Waals surface area contributed by atoms with Crippen molar-refractivity contribution in [3.63, 3.8) is 0 Å². The fourth-order valence-electron chi connectivity index (χ4n) is 2.86. The average molecular weight is 451 g/mol. The lowest BCUT2D eigenvalue weighted by Gasteiger charge is -2.07. The van der Waals surface area contributed by atoms with Gasteiger partial charge in [-0.25, -0.2) is 4.79 Å². The molecule has 162 valence electrons. The summed E-state index contributed by atoms with van der Waals surface area (Å²) < 4.78 is 15.7. The Kier molecular flexibility index (Phi) is 7.32. The van der Waals surface area contributed by atoms with Crippen LogP contribution in [0.15, 0.2) is 59.0 Å². The van der Waals surface area contributed by atoms with Crippen LogP contribution in [0.5, 0.6) is 5.75 Å². The maximum Gasteiger partial charge on any atom is 0.342 e. The molecule has 1 amide bonds. The quantitative estimate of drug-likeness (QED) is 0.395. The van der Waals surface area contributed by atoms with Crippen LogP contribution in [0, 0.1) is 18.3 Å². The second kappa shape index (κ2) is 10.3. The van der Waals surface area contributed by atoms with Crippen molar-refractivity contribution in [1.82, 2.24) is 0 Å². The van der Waals surface area contributed by atoms with Gasteiger partial charge in [0.25, 0.3) is 5.91 Å². The van der Waals surface area contributed by atoms with Gasteiger partial charge < -0.3 is 13.9 Å². The number of halogens is 1. The van der Waals surface area contributed by atoms with E-state index in [1.807, 2.05) is 24.3 Å². The van der Waals surface area contributed by atoms with Crippen LogP contribution in [0.25, 0.3) is 6.08 Å². The van der Waals surface area contributed by atoms with E-state index in [0.717, 1.165) is 11.1 Å². The molecular weight excluding hydrogens is 432 g/mol. The Hall–Kier alpha value is -4.02. The van der Waals surface area contributed by atoms with Crippen molar-refractivity contribution in [2.45, 2.75) is 13.5 Å². The van der Waals surface area contributed by atoms with Gasteiger partial charge in [-0.15, -0.1) is 0 Å². The molecule has 1 aromatic heterocycles. The van der Waals surface area contributed by atoms with Crippen molar-refractivity contribution in [3.8, 4) is 11.8 Å². The van der Waals surface area contributed by atoms with E-state index in [0.29, 0.717) is 17.4 Å². The molecule has 7 nitrogen and oxygen atoms in total. The number of carbonyl (C=O) groups excluding carboxylic acids is 2. The highest BCUT2D eigenvalue weighted by molar-refractivity contribution is 6.31. The normalized spacial score (nSPS) is 10.6. The first-order chi connectivity index (χ1) is 15.4. The molecule has 32 heavy (non-hydrogen) atoms. The first kappa shape index (κ1) is 22.7. The molecule has 0 unspecified atom stereocenters. The summed E-state index contributed by atoms with van der Waals surface area (Å²) in [7, 11) is 1.20. The zero-order valence-electron chi connectivity index (χ0n) is 17.3. The summed E-state index contributed by atoms with van der Waals surface area (Å²) in [5.74, 6) is -0.503. The number of hydrogen-bond acceptors (Lipinski definition) is 6. The van der Waals surface area contributed by atoms with E-state index in [2.05, 4.69) is 10.1 Å². The van der Waals surface area contributed by atoms with Crippen molar-refractivity contribution in [3.05, 3.63) is 87.6 Å². The third-order valence-electron chi connectivity index (χ3n) is 4.48. The number of furan rings is 1. The van der Waals surface area contributed by atoms with Crippen LogP contribution in [0.2, 0.25) is 5.02 Å². The summed E-state index contributed by atoms with van der Waals surface area (Å²) in [4.78, 5) is 24.1. The molecule has 0 aliphatic rings. The Balaban J connectivity index is 1.62. The Morgan fingerprint density at radius 1 is 1.19 bits per heavy atom. The summed E-state index contributed by atoms with van der Waals surface area (Å²) in [5.41, 5.74) is 1.55. The molecule has 3 rings (SSSR count). The maximum atomic E-state index is 12.3. The second-order valence-electron chi connectivity index (χ2n) is 6.61. The Labute approximate surface area is 189 Å². The van der Waals surface area contributed by atoms with Crippen LogP contribution >= 0.6 is 11.6 Å². The van der Waals surface area contributed by atoms with Gasteiger partial charge in [0.05, 0.1) is 7.11 Å². The van der Waals surface area contributed by atoms with Crippen molar-refractivity contribution in [2.75, 3.05) is 12.4 Å². The Bertz CT molecular complexity index is 1210. The second-order valence-corrected chi connectivity index (χ2v) is 7.02. The monoisotopic (exact) mass is 450 g/mol. The minimum absolute atomic E-state index is 0.0124. The number of carbonyl (C=O) groups is 2. The number of nitriles is 1. The first-order valence-corrected chi connectivity index (χ1v) is 9.88. The van der Waals surface area contributed by atoms with Gasteiger partial charge in [0.15, 0.2) is 0 Å². The predicted octanol–water partition coefficient (Wildman–Crippen LogP) is 5.13. The number of rotatable bonds is 7.